The lowest BCUT2D eigenvalue weighted by molar-refractivity contribution is -0.132. The second-order valence-corrected chi connectivity index (χ2v) is 9.75. The topological polar surface area (TPSA) is 79.4 Å². The van der Waals surface area contributed by atoms with Gasteiger partial charge in [-0.3, -0.25) is 4.79 Å². The van der Waals surface area contributed by atoms with Crippen LogP contribution in [0.1, 0.15) is 37.7 Å². The zero-order valence-corrected chi connectivity index (χ0v) is 18.8. The molecule has 2 aliphatic rings. The maximum absolute atomic E-state index is 12.9. The SMILES string of the molecule is COc1cc(CCC(=O)N2CCN(S(=O)(=O)N3CCCCCC3)CC2)cc(OC)c1. The summed E-state index contributed by atoms with van der Waals surface area (Å²) in [7, 11) is -0.227. The van der Waals surface area contributed by atoms with Crippen LogP contribution in [0.2, 0.25) is 0 Å². The molecule has 0 aromatic heterocycles. The lowest BCUT2D eigenvalue weighted by atomic mass is 10.1. The van der Waals surface area contributed by atoms with Crippen molar-refractivity contribution >= 4 is 16.1 Å². The number of hydrogen-bond acceptors (Lipinski definition) is 5. The van der Waals surface area contributed by atoms with Gasteiger partial charge in [0.15, 0.2) is 0 Å². The molecule has 168 valence electrons. The van der Waals surface area contributed by atoms with Gasteiger partial charge in [0.05, 0.1) is 14.2 Å². The molecule has 2 aliphatic heterocycles. The molecule has 0 N–H and O–H groups in total. The van der Waals surface area contributed by atoms with Crippen molar-refractivity contribution in [2.75, 3.05) is 53.5 Å². The molecule has 0 atom stereocenters. The third-order valence-electron chi connectivity index (χ3n) is 5.85. The van der Waals surface area contributed by atoms with Crippen LogP contribution in [-0.2, 0) is 21.4 Å². The predicted octanol–water partition coefficient (Wildman–Crippen LogP) is 1.90. The van der Waals surface area contributed by atoms with Gasteiger partial charge < -0.3 is 14.4 Å². The summed E-state index contributed by atoms with van der Waals surface area (Å²) in [4.78, 5) is 14.4. The molecule has 0 saturated carbocycles. The summed E-state index contributed by atoms with van der Waals surface area (Å²) >= 11 is 0. The van der Waals surface area contributed by atoms with Crippen LogP contribution in [0.4, 0.5) is 0 Å². The summed E-state index contributed by atoms with van der Waals surface area (Å²) in [5, 5.41) is 0. The highest BCUT2D eigenvalue weighted by molar-refractivity contribution is 7.86. The molecule has 0 aliphatic carbocycles. The number of rotatable bonds is 7. The maximum Gasteiger partial charge on any atom is 0.282 e. The first-order chi connectivity index (χ1) is 14.4. The fourth-order valence-corrected chi connectivity index (χ4v) is 5.69. The summed E-state index contributed by atoms with van der Waals surface area (Å²) in [6, 6.07) is 5.61. The van der Waals surface area contributed by atoms with Gasteiger partial charge in [-0.15, -0.1) is 0 Å². The van der Waals surface area contributed by atoms with Crippen molar-refractivity contribution in [3.8, 4) is 11.5 Å². The highest BCUT2D eigenvalue weighted by atomic mass is 32.2. The first-order valence-corrected chi connectivity index (χ1v) is 12.1. The Labute approximate surface area is 179 Å². The molecule has 2 saturated heterocycles. The number of carbonyl (C=O) groups excluding carboxylic acids is 1. The number of carbonyl (C=O) groups is 1. The Morgan fingerprint density at radius 2 is 1.37 bits per heavy atom. The van der Waals surface area contributed by atoms with E-state index in [0.717, 1.165) is 31.2 Å². The molecule has 3 rings (SSSR count). The Morgan fingerprint density at radius 1 is 0.833 bits per heavy atom. The molecule has 9 heteroatoms. The second-order valence-electron chi connectivity index (χ2n) is 7.82. The van der Waals surface area contributed by atoms with Gasteiger partial charge in [-0.2, -0.15) is 17.0 Å². The minimum absolute atomic E-state index is 0.0450. The predicted molar refractivity (Wildman–Crippen MR) is 115 cm³/mol. The Bertz CT molecular complexity index is 792. The van der Waals surface area contributed by atoms with Crippen molar-refractivity contribution in [1.82, 2.24) is 13.5 Å². The van der Waals surface area contributed by atoms with E-state index in [0.29, 0.717) is 63.6 Å². The van der Waals surface area contributed by atoms with E-state index in [1.807, 2.05) is 12.1 Å². The summed E-state index contributed by atoms with van der Waals surface area (Å²) in [6.45, 7) is 2.80. The number of amides is 1. The zero-order valence-electron chi connectivity index (χ0n) is 18.0. The number of piperazine rings is 1. The van der Waals surface area contributed by atoms with Gasteiger partial charge in [0, 0.05) is 51.8 Å². The van der Waals surface area contributed by atoms with Gasteiger partial charge in [0.25, 0.3) is 10.2 Å². The van der Waals surface area contributed by atoms with E-state index in [1.165, 1.54) is 4.31 Å². The monoisotopic (exact) mass is 439 g/mol. The minimum Gasteiger partial charge on any atom is -0.497 e. The van der Waals surface area contributed by atoms with Crippen LogP contribution in [0.15, 0.2) is 18.2 Å². The molecule has 1 aromatic rings. The van der Waals surface area contributed by atoms with Crippen molar-refractivity contribution in [3.63, 3.8) is 0 Å². The molecule has 8 nitrogen and oxygen atoms in total. The fourth-order valence-electron chi connectivity index (χ4n) is 4.02. The average molecular weight is 440 g/mol. The molecule has 1 amide bonds. The van der Waals surface area contributed by atoms with E-state index in [4.69, 9.17) is 9.47 Å². The van der Waals surface area contributed by atoms with E-state index in [2.05, 4.69) is 0 Å². The van der Waals surface area contributed by atoms with Crippen LogP contribution in [0.5, 0.6) is 11.5 Å². The van der Waals surface area contributed by atoms with E-state index in [1.54, 1.807) is 29.5 Å². The highest BCUT2D eigenvalue weighted by Gasteiger charge is 2.33. The van der Waals surface area contributed by atoms with Crippen molar-refractivity contribution in [1.29, 1.82) is 0 Å². The maximum atomic E-state index is 12.9. The van der Waals surface area contributed by atoms with Crippen molar-refractivity contribution in [3.05, 3.63) is 23.8 Å². The normalized spacial score (nSPS) is 19.3. The van der Waals surface area contributed by atoms with E-state index in [-0.39, 0.29) is 5.91 Å². The third-order valence-corrected chi connectivity index (χ3v) is 7.88. The van der Waals surface area contributed by atoms with Crippen LogP contribution >= 0.6 is 0 Å². The summed E-state index contributed by atoms with van der Waals surface area (Å²) in [5.74, 6) is 1.44. The fraction of sp³-hybridized carbons (Fsp3) is 0.667. The number of methoxy groups -OCH3 is 2. The van der Waals surface area contributed by atoms with Crippen molar-refractivity contribution < 1.29 is 22.7 Å². The summed E-state index contributed by atoms with van der Waals surface area (Å²) < 4.78 is 39.6. The van der Waals surface area contributed by atoms with Crippen LogP contribution in [0, 0.1) is 0 Å². The van der Waals surface area contributed by atoms with Crippen molar-refractivity contribution in [2.45, 2.75) is 38.5 Å². The molecule has 2 fully saturated rings. The molecule has 30 heavy (non-hydrogen) atoms. The quantitative estimate of drug-likeness (QED) is 0.648. The number of hydrogen-bond donors (Lipinski definition) is 0. The van der Waals surface area contributed by atoms with Gasteiger partial charge in [-0.25, -0.2) is 0 Å². The molecule has 0 radical (unpaired) electrons. The lowest BCUT2D eigenvalue weighted by Gasteiger charge is -2.36. The Morgan fingerprint density at radius 3 is 1.90 bits per heavy atom. The summed E-state index contributed by atoms with van der Waals surface area (Å²) in [5.41, 5.74) is 0.974. The largest absolute Gasteiger partial charge is 0.497 e. The van der Waals surface area contributed by atoms with E-state index >= 15 is 0 Å². The number of ether oxygens (including phenoxy) is 2. The molecular weight excluding hydrogens is 406 g/mol. The number of aryl methyl sites for hydroxylation is 1. The molecule has 1 aromatic carbocycles. The molecule has 2 heterocycles. The Balaban J connectivity index is 1.51. The highest BCUT2D eigenvalue weighted by Crippen LogP contribution is 2.24. The van der Waals surface area contributed by atoms with E-state index in [9.17, 15) is 13.2 Å². The van der Waals surface area contributed by atoms with Gasteiger partial charge in [0.2, 0.25) is 5.91 Å². The van der Waals surface area contributed by atoms with Gasteiger partial charge in [0.1, 0.15) is 11.5 Å². The first kappa shape index (κ1) is 22.8. The number of nitrogens with zero attached hydrogens (tertiary/aromatic N) is 3. The minimum atomic E-state index is -3.43. The van der Waals surface area contributed by atoms with Crippen LogP contribution in [0.25, 0.3) is 0 Å². The molecule has 0 unspecified atom stereocenters. The van der Waals surface area contributed by atoms with E-state index < -0.39 is 10.2 Å². The van der Waals surface area contributed by atoms with Gasteiger partial charge >= 0.3 is 0 Å². The second kappa shape index (κ2) is 10.5. The average Bonchev–Trinajstić information content (AvgIpc) is 3.07. The lowest BCUT2D eigenvalue weighted by Crippen LogP contribution is -2.54. The van der Waals surface area contributed by atoms with Crippen LogP contribution in [-0.4, -0.2) is 81.3 Å². The van der Waals surface area contributed by atoms with Crippen LogP contribution in [0.3, 0.4) is 0 Å². The third kappa shape index (κ3) is 5.65. The van der Waals surface area contributed by atoms with Gasteiger partial charge in [-0.05, 0) is 37.0 Å². The Kier molecular flexibility index (Phi) is 7.96. The van der Waals surface area contributed by atoms with Gasteiger partial charge in [-0.1, -0.05) is 12.8 Å². The van der Waals surface area contributed by atoms with Crippen molar-refractivity contribution in [2.24, 2.45) is 0 Å². The van der Waals surface area contributed by atoms with Crippen LogP contribution < -0.4 is 9.47 Å². The molecular formula is C21H33N3O5S. The zero-order chi connectivity index (χ0) is 21.6. The summed E-state index contributed by atoms with van der Waals surface area (Å²) in [6.07, 6.45) is 4.98. The molecule has 0 bridgehead atoms. The molecule has 0 spiro atoms. The standard InChI is InChI=1S/C21H33N3O5S/c1-28-19-15-18(16-20(17-19)29-2)7-8-21(25)22-11-13-24(14-12-22)30(26,27)23-9-5-3-4-6-10-23/h15-17H,3-14H2,1-2H3. The smallest absolute Gasteiger partial charge is 0.282 e. The number of benzene rings is 1. The first-order valence-electron chi connectivity index (χ1n) is 10.7. The Hall–Kier alpha value is -1.84.